The normalized spacial score (nSPS) is 10.3. The molecule has 0 spiro atoms. The lowest BCUT2D eigenvalue weighted by molar-refractivity contribution is 0.340. The van der Waals surface area contributed by atoms with Crippen molar-refractivity contribution in [3.63, 3.8) is 0 Å². The Kier molecular flexibility index (Phi) is 4.69. The average Bonchev–Trinajstić information content (AvgIpc) is 2.44. The summed E-state index contributed by atoms with van der Waals surface area (Å²) in [4.78, 5) is 2.23. The molecule has 0 radical (unpaired) electrons. The van der Waals surface area contributed by atoms with Gasteiger partial charge in [0.1, 0.15) is 5.75 Å². The molecule has 0 unspecified atom stereocenters. The number of rotatable bonds is 5. The molecule has 2 rings (SSSR count). The third-order valence-corrected chi connectivity index (χ3v) is 3.17. The minimum Gasteiger partial charge on any atom is -0.494 e. The molecule has 0 aliphatic heterocycles. The van der Waals surface area contributed by atoms with Crippen LogP contribution >= 0.6 is 11.6 Å². The molecule has 2 aromatic rings. The van der Waals surface area contributed by atoms with Gasteiger partial charge >= 0.3 is 0 Å². The maximum Gasteiger partial charge on any atom is 0.119 e. The molecule has 3 heteroatoms. The van der Waals surface area contributed by atoms with Crippen molar-refractivity contribution in [1.29, 1.82) is 0 Å². The van der Waals surface area contributed by atoms with Crippen LogP contribution in [-0.2, 0) is 0 Å². The van der Waals surface area contributed by atoms with Gasteiger partial charge in [-0.15, -0.1) is 0 Å². The Morgan fingerprint density at radius 3 is 1.89 bits per heavy atom. The Labute approximate surface area is 119 Å². The molecule has 19 heavy (non-hydrogen) atoms. The predicted octanol–water partition coefficient (Wildman–Crippen LogP) is 4.90. The van der Waals surface area contributed by atoms with Crippen molar-refractivity contribution < 1.29 is 4.74 Å². The van der Waals surface area contributed by atoms with Crippen molar-refractivity contribution in [2.75, 3.05) is 18.1 Å². The smallest absolute Gasteiger partial charge is 0.119 e. The molecule has 0 saturated carbocycles. The van der Waals surface area contributed by atoms with Gasteiger partial charge in [0.25, 0.3) is 0 Å². The van der Waals surface area contributed by atoms with Gasteiger partial charge in [-0.05, 0) is 62.4 Å². The lowest BCUT2D eigenvalue weighted by atomic mass is 10.2. The quantitative estimate of drug-likeness (QED) is 0.770. The highest BCUT2D eigenvalue weighted by Crippen LogP contribution is 2.27. The van der Waals surface area contributed by atoms with Gasteiger partial charge in [-0.1, -0.05) is 11.6 Å². The molecule has 0 saturated heterocycles. The van der Waals surface area contributed by atoms with E-state index in [1.54, 1.807) is 0 Å². The van der Waals surface area contributed by atoms with Crippen LogP contribution in [0, 0.1) is 0 Å². The van der Waals surface area contributed by atoms with E-state index < -0.39 is 0 Å². The third-order valence-electron chi connectivity index (χ3n) is 2.91. The van der Waals surface area contributed by atoms with Crippen LogP contribution in [0.15, 0.2) is 48.5 Å². The lowest BCUT2D eigenvalue weighted by Gasteiger charge is -2.23. The molecule has 0 atom stereocenters. The van der Waals surface area contributed by atoms with Crippen molar-refractivity contribution in [2.45, 2.75) is 13.8 Å². The standard InChI is InChI=1S/C16H18ClNO/c1-3-18(14-7-5-13(17)6-8-14)15-9-11-16(12-10-15)19-4-2/h5-12H,3-4H2,1-2H3. The second kappa shape index (κ2) is 6.48. The van der Waals surface area contributed by atoms with E-state index in [1.165, 1.54) is 0 Å². The fourth-order valence-electron chi connectivity index (χ4n) is 2.02. The van der Waals surface area contributed by atoms with Gasteiger partial charge in [-0.25, -0.2) is 0 Å². The summed E-state index contributed by atoms with van der Waals surface area (Å²) in [5.41, 5.74) is 2.28. The first kappa shape index (κ1) is 13.8. The van der Waals surface area contributed by atoms with E-state index in [0.717, 1.165) is 28.7 Å². The number of halogens is 1. The highest BCUT2D eigenvalue weighted by molar-refractivity contribution is 6.30. The molecular weight excluding hydrogens is 258 g/mol. The number of nitrogens with zero attached hydrogens (tertiary/aromatic N) is 1. The second-order valence-corrected chi connectivity index (χ2v) is 4.58. The van der Waals surface area contributed by atoms with E-state index in [4.69, 9.17) is 16.3 Å². The van der Waals surface area contributed by atoms with Crippen LogP contribution in [0.1, 0.15) is 13.8 Å². The molecule has 0 aliphatic rings. The Morgan fingerprint density at radius 2 is 1.42 bits per heavy atom. The predicted molar refractivity (Wildman–Crippen MR) is 81.7 cm³/mol. The number of anilines is 2. The summed E-state index contributed by atoms with van der Waals surface area (Å²) >= 11 is 5.93. The van der Waals surface area contributed by atoms with Crippen molar-refractivity contribution in [2.24, 2.45) is 0 Å². The third kappa shape index (κ3) is 3.42. The summed E-state index contributed by atoms with van der Waals surface area (Å²) in [5, 5.41) is 0.756. The van der Waals surface area contributed by atoms with Crippen LogP contribution in [0.3, 0.4) is 0 Å². The fourth-order valence-corrected chi connectivity index (χ4v) is 2.15. The minimum absolute atomic E-state index is 0.689. The lowest BCUT2D eigenvalue weighted by Crippen LogP contribution is -2.15. The molecule has 0 heterocycles. The van der Waals surface area contributed by atoms with Gasteiger partial charge in [0.05, 0.1) is 6.61 Å². The molecule has 0 aliphatic carbocycles. The van der Waals surface area contributed by atoms with Crippen LogP contribution in [-0.4, -0.2) is 13.2 Å². The van der Waals surface area contributed by atoms with Gasteiger partial charge in [-0.2, -0.15) is 0 Å². The molecule has 0 fully saturated rings. The van der Waals surface area contributed by atoms with Gasteiger partial charge in [0.15, 0.2) is 0 Å². The number of ether oxygens (including phenoxy) is 1. The number of benzene rings is 2. The zero-order chi connectivity index (χ0) is 13.7. The minimum atomic E-state index is 0.689. The van der Waals surface area contributed by atoms with Crippen molar-refractivity contribution in [1.82, 2.24) is 0 Å². The van der Waals surface area contributed by atoms with Gasteiger partial charge in [0.2, 0.25) is 0 Å². The van der Waals surface area contributed by atoms with E-state index >= 15 is 0 Å². The first-order chi connectivity index (χ1) is 9.24. The SMILES string of the molecule is CCOc1ccc(N(CC)c2ccc(Cl)cc2)cc1. The van der Waals surface area contributed by atoms with Crippen molar-refractivity contribution in [3.05, 3.63) is 53.6 Å². The monoisotopic (exact) mass is 275 g/mol. The summed E-state index contributed by atoms with van der Waals surface area (Å²) in [6.45, 7) is 5.70. The highest BCUT2D eigenvalue weighted by Gasteiger charge is 2.07. The summed E-state index contributed by atoms with van der Waals surface area (Å²) in [7, 11) is 0. The summed E-state index contributed by atoms with van der Waals surface area (Å²) in [5.74, 6) is 0.901. The number of hydrogen-bond donors (Lipinski definition) is 0. The molecular formula is C16H18ClNO. The van der Waals surface area contributed by atoms with E-state index in [0.29, 0.717) is 6.61 Å². The summed E-state index contributed by atoms with van der Waals surface area (Å²) in [6.07, 6.45) is 0. The zero-order valence-corrected chi connectivity index (χ0v) is 12.0. The number of hydrogen-bond acceptors (Lipinski definition) is 2. The van der Waals surface area contributed by atoms with Crippen LogP contribution < -0.4 is 9.64 Å². The molecule has 0 bridgehead atoms. The van der Waals surface area contributed by atoms with Crippen molar-refractivity contribution in [3.8, 4) is 5.75 Å². The summed E-state index contributed by atoms with van der Waals surface area (Å²) < 4.78 is 5.46. The van der Waals surface area contributed by atoms with Crippen LogP contribution in [0.5, 0.6) is 5.75 Å². The first-order valence-electron chi connectivity index (χ1n) is 6.50. The molecule has 0 N–H and O–H groups in total. The Balaban J connectivity index is 2.23. The van der Waals surface area contributed by atoms with E-state index in [1.807, 2.05) is 43.3 Å². The maximum absolute atomic E-state index is 5.93. The van der Waals surface area contributed by atoms with E-state index in [9.17, 15) is 0 Å². The fraction of sp³-hybridized carbons (Fsp3) is 0.250. The Morgan fingerprint density at radius 1 is 0.895 bits per heavy atom. The Hall–Kier alpha value is -1.67. The van der Waals surface area contributed by atoms with Crippen LogP contribution in [0.4, 0.5) is 11.4 Å². The zero-order valence-electron chi connectivity index (χ0n) is 11.3. The largest absolute Gasteiger partial charge is 0.494 e. The molecule has 0 amide bonds. The first-order valence-corrected chi connectivity index (χ1v) is 6.88. The average molecular weight is 276 g/mol. The molecule has 0 aromatic heterocycles. The summed E-state index contributed by atoms with van der Waals surface area (Å²) in [6, 6.07) is 16.0. The van der Waals surface area contributed by atoms with Crippen LogP contribution in [0.2, 0.25) is 5.02 Å². The molecule has 2 aromatic carbocycles. The topological polar surface area (TPSA) is 12.5 Å². The van der Waals surface area contributed by atoms with E-state index in [-0.39, 0.29) is 0 Å². The van der Waals surface area contributed by atoms with Crippen LogP contribution in [0.25, 0.3) is 0 Å². The molecule has 2 nitrogen and oxygen atoms in total. The molecule has 100 valence electrons. The Bertz CT molecular complexity index is 507. The van der Waals surface area contributed by atoms with Crippen molar-refractivity contribution >= 4 is 23.0 Å². The highest BCUT2D eigenvalue weighted by atomic mass is 35.5. The van der Waals surface area contributed by atoms with Gasteiger partial charge < -0.3 is 9.64 Å². The van der Waals surface area contributed by atoms with E-state index in [2.05, 4.69) is 24.0 Å². The van der Waals surface area contributed by atoms with Gasteiger partial charge in [0, 0.05) is 22.9 Å². The second-order valence-electron chi connectivity index (χ2n) is 4.15. The maximum atomic E-state index is 5.93. The van der Waals surface area contributed by atoms with Gasteiger partial charge in [-0.3, -0.25) is 0 Å².